The molecule has 0 heterocycles. The highest BCUT2D eigenvalue weighted by atomic mass is 16.5. The van der Waals surface area contributed by atoms with Crippen LogP contribution < -0.4 is 0 Å². The van der Waals surface area contributed by atoms with Crippen molar-refractivity contribution in [1.29, 1.82) is 0 Å². The molecule has 0 saturated carbocycles. The minimum absolute atomic E-state index is 0.0442. The van der Waals surface area contributed by atoms with Gasteiger partial charge < -0.3 is 19.3 Å². The number of nitrogens with zero attached hydrogens (tertiary/aromatic N) is 2. The van der Waals surface area contributed by atoms with Crippen LogP contribution in [0.15, 0.2) is 12.7 Å². The number of hydrogen-bond donors (Lipinski definition) is 0. The summed E-state index contributed by atoms with van der Waals surface area (Å²) in [6.45, 7) is 20.3. The normalized spacial score (nSPS) is 12.2. The fourth-order valence-electron chi connectivity index (χ4n) is 10.5. The number of unbranched alkanes of at least 4 members (excludes halogenated alkanes) is 35. The van der Waals surface area contributed by atoms with E-state index in [0.29, 0.717) is 24.5 Å². The molecule has 0 rings (SSSR count). The van der Waals surface area contributed by atoms with Crippen LogP contribution in [-0.2, 0) is 19.1 Å². The first-order valence-electron chi connectivity index (χ1n) is 31.6. The van der Waals surface area contributed by atoms with Gasteiger partial charge >= 0.3 is 5.97 Å². The Morgan fingerprint density at radius 1 is 0.414 bits per heavy atom. The summed E-state index contributed by atoms with van der Waals surface area (Å²) < 4.78 is 6.15. The molecule has 0 aromatic rings. The lowest BCUT2D eigenvalue weighted by Crippen LogP contribution is -2.37. The van der Waals surface area contributed by atoms with Crippen molar-refractivity contribution in [3.8, 4) is 0 Å². The predicted octanol–water partition coefficient (Wildman–Crippen LogP) is 19.5. The van der Waals surface area contributed by atoms with Gasteiger partial charge in [0.05, 0.1) is 0 Å². The molecule has 1 unspecified atom stereocenters. The quantitative estimate of drug-likeness (QED) is 0.0262. The number of carbonyl (C=O) groups is 3. The van der Waals surface area contributed by atoms with Gasteiger partial charge in [0.15, 0.2) is 0 Å². The van der Waals surface area contributed by atoms with Crippen LogP contribution >= 0.6 is 0 Å². The highest BCUT2D eigenvalue weighted by Crippen LogP contribution is 2.20. The summed E-state index contributed by atoms with van der Waals surface area (Å²) in [5, 5.41) is 0. The summed E-state index contributed by atoms with van der Waals surface area (Å²) in [6, 6.07) is 0. The molecule has 1 atom stereocenters. The summed E-state index contributed by atoms with van der Waals surface area (Å²) in [6.07, 6.45) is 59.5. The van der Waals surface area contributed by atoms with Crippen molar-refractivity contribution in [2.24, 2.45) is 5.92 Å². The van der Waals surface area contributed by atoms with Gasteiger partial charge in [-0.15, -0.1) is 6.58 Å². The van der Waals surface area contributed by atoms with Crippen molar-refractivity contribution in [2.75, 3.05) is 39.3 Å². The summed E-state index contributed by atoms with van der Waals surface area (Å²) in [4.78, 5) is 41.9. The number of aldehydes is 1. The van der Waals surface area contributed by atoms with Crippen molar-refractivity contribution >= 4 is 18.0 Å². The van der Waals surface area contributed by atoms with E-state index in [1.165, 1.54) is 264 Å². The van der Waals surface area contributed by atoms with Crippen LogP contribution in [0.5, 0.6) is 0 Å². The van der Waals surface area contributed by atoms with Crippen molar-refractivity contribution in [2.45, 2.75) is 336 Å². The molecule has 0 aromatic heterocycles. The minimum Gasteiger partial charge on any atom is -0.462 e. The molecule has 0 aromatic carbocycles. The zero-order chi connectivity index (χ0) is 51.1. The van der Waals surface area contributed by atoms with Gasteiger partial charge in [0, 0.05) is 38.8 Å². The maximum atomic E-state index is 13.0. The first-order chi connectivity index (χ1) is 34.4. The average Bonchev–Trinajstić information content (AvgIpc) is 3.35. The van der Waals surface area contributed by atoms with Gasteiger partial charge in [-0.2, -0.15) is 0 Å². The maximum Gasteiger partial charge on any atom is 0.306 e. The lowest BCUT2D eigenvalue weighted by molar-refractivity contribution is -0.150. The molecule has 414 valence electrons. The molecule has 0 fully saturated rings. The fourth-order valence-corrected chi connectivity index (χ4v) is 10.5. The van der Waals surface area contributed by atoms with Crippen LogP contribution in [0.3, 0.4) is 0 Å². The van der Waals surface area contributed by atoms with Crippen LogP contribution in [-0.4, -0.2) is 73.2 Å². The van der Waals surface area contributed by atoms with E-state index in [1.807, 2.05) is 0 Å². The summed E-state index contributed by atoms with van der Waals surface area (Å²) in [5.74, 6) is 1.16. The topological polar surface area (TPSA) is 66.9 Å². The number of esters is 1. The Morgan fingerprint density at radius 2 is 0.729 bits per heavy atom. The molecule has 0 N–H and O–H groups in total. The van der Waals surface area contributed by atoms with Gasteiger partial charge in [0.2, 0.25) is 0 Å². The fraction of sp³-hybridized carbons (Fsp3) is 0.922. The van der Waals surface area contributed by atoms with Crippen molar-refractivity contribution in [3.05, 3.63) is 12.7 Å². The molecule has 0 aliphatic heterocycles. The third kappa shape index (κ3) is 51.4. The van der Waals surface area contributed by atoms with Crippen molar-refractivity contribution in [3.63, 3.8) is 0 Å². The predicted molar refractivity (Wildman–Crippen MR) is 307 cm³/mol. The number of rotatable bonds is 60. The maximum absolute atomic E-state index is 13.0. The van der Waals surface area contributed by atoms with Gasteiger partial charge in [0.1, 0.15) is 18.2 Å². The third-order valence-electron chi connectivity index (χ3n) is 15.0. The second-order valence-electron chi connectivity index (χ2n) is 22.3. The standard InChI is InChI=1S/C64H124N2O4/c1-6-10-14-18-22-23-29-39-49-62(68)50-40-30-27-36-46-56-66(55-45-35-25-26-38-48-58-67)60-61(5)59-65(54-44-34-24-19-15-11-7-2)57-47-37-28-33-43-53-64(69)70-63(51-41-31-20-16-12-8-3)52-42-32-21-17-13-9-4/h7,58,61,63H,2,6,8-57,59-60H2,1,3-5H3. The van der Waals surface area contributed by atoms with Gasteiger partial charge in [0.25, 0.3) is 0 Å². The first kappa shape index (κ1) is 68.5. The first-order valence-corrected chi connectivity index (χ1v) is 31.6. The molecule has 0 aliphatic rings. The average molecular weight is 986 g/mol. The summed E-state index contributed by atoms with van der Waals surface area (Å²) >= 11 is 0. The smallest absolute Gasteiger partial charge is 0.306 e. The lowest BCUT2D eigenvalue weighted by atomic mass is 10.0. The second-order valence-corrected chi connectivity index (χ2v) is 22.3. The van der Waals surface area contributed by atoms with Crippen LogP contribution in [0.25, 0.3) is 0 Å². The van der Waals surface area contributed by atoms with E-state index in [-0.39, 0.29) is 12.1 Å². The van der Waals surface area contributed by atoms with E-state index in [4.69, 9.17) is 4.74 Å². The molecule has 0 amide bonds. The number of ketones is 1. The Morgan fingerprint density at radius 3 is 1.10 bits per heavy atom. The lowest BCUT2D eigenvalue weighted by Gasteiger charge is -2.30. The van der Waals surface area contributed by atoms with Gasteiger partial charge in [-0.25, -0.2) is 0 Å². The van der Waals surface area contributed by atoms with E-state index in [9.17, 15) is 14.4 Å². The molecule has 0 spiro atoms. The van der Waals surface area contributed by atoms with Gasteiger partial charge in [-0.05, 0) is 122 Å². The van der Waals surface area contributed by atoms with E-state index in [0.717, 1.165) is 70.5 Å². The Hall–Kier alpha value is -1.53. The Kier molecular flexibility index (Phi) is 55.5. The Labute approximate surface area is 438 Å². The Balaban J connectivity index is 4.96. The van der Waals surface area contributed by atoms with E-state index < -0.39 is 0 Å². The Bertz CT molecular complexity index is 1080. The second kappa shape index (κ2) is 56.8. The molecule has 6 heteroatoms. The molecule has 6 nitrogen and oxygen atoms in total. The van der Waals surface area contributed by atoms with Crippen LogP contribution in [0, 0.1) is 5.92 Å². The number of hydrogen-bond acceptors (Lipinski definition) is 6. The highest BCUT2D eigenvalue weighted by Gasteiger charge is 2.17. The minimum atomic E-state index is 0.0442. The largest absolute Gasteiger partial charge is 0.462 e. The third-order valence-corrected chi connectivity index (χ3v) is 15.0. The molecule has 0 aliphatic carbocycles. The molecular formula is C64H124N2O4. The van der Waals surface area contributed by atoms with Crippen molar-refractivity contribution < 1.29 is 19.1 Å². The van der Waals surface area contributed by atoms with E-state index in [2.05, 4.69) is 50.1 Å². The number of Topliss-reactive ketones (excluding diaryl/α,β-unsaturated/α-hetero) is 1. The monoisotopic (exact) mass is 985 g/mol. The molecule has 70 heavy (non-hydrogen) atoms. The number of carbonyl (C=O) groups excluding carboxylic acids is 3. The molecular weight excluding hydrogens is 861 g/mol. The molecule has 0 bridgehead atoms. The molecule has 0 radical (unpaired) electrons. The van der Waals surface area contributed by atoms with Crippen molar-refractivity contribution in [1.82, 2.24) is 9.80 Å². The SMILES string of the molecule is C=CCCCCCCCN(CCCCCCCC(=O)OC(CCCCCCCC)CCCCCCCC)CC(C)CN(CCCCCCCC=O)CCCCCCCC(=O)CCCCCCCCCC. The summed E-state index contributed by atoms with van der Waals surface area (Å²) in [7, 11) is 0. The highest BCUT2D eigenvalue weighted by molar-refractivity contribution is 5.78. The van der Waals surface area contributed by atoms with Gasteiger partial charge in [-0.3, -0.25) is 9.59 Å². The zero-order valence-corrected chi connectivity index (χ0v) is 48.0. The van der Waals surface area contributed by atoms with Crippen LogP contribution in [0.1, 0.15) is 329 Å². The zero-order valence-electron chi connectivity index (χ0n) is 48.0. The van der Waals surface area contributed by atoms with E-state index in [1.54, 1.807) is 0 Å². The summed E-state index contributed by atoms with van der Waals surface area (Å²) in [5.41, 5.74) is 0. The van der Waals surface area contributed by atoms with Crippen LogP contribution in [0.4, 0.5) is 0 Å². The number of ether oxygens (including phenoxy) is 1. The molecule has 0 saturated heterocycles. The van der Waals surface area contributed by atoms with Gasteiger partial charge in [-0.1, -0.05) is 220 Å². The van der Waals surface area contributed by atoms with E-state index >= 15 is 0 Å². The van der Waals surface area contributed by atoms with Crippen LogP contribution in [0.2, 0.25) is 0 Å². The number of allylic oxidation sites excluding steroid dienone is 1.